The Morgan fingerprint density at radius 2 is 1.83 bits per heavy atom. The number of hydrogen-bond donors (Lipinski definition) is 0. The van der Waals surface area contributed by atoms with Crippen LogP contribution in [-0.2, 0) is 11.2 Å². The quantitative estimate of drug-likeness (QED) is 0.790. The molecular formula is C17H26N4OS. The second kappa shape index (κ2) is 6.30. The molecular weight excluding hydrogens is 308 g/mol. The lowest BCUT2D eigenvalue weighted by Crippen LogP contribution is -2.52. The van der Waals surface area contributed by atoms with Crippen molar-refractivity contribution in [2.24, 2.45) is 5.41 Å². The summed E-state index contributed by atoms with van der Waals surface area (Å²) in [5.74, 6) is 3.33. The van der Waals surface area contributed by atoms with E-state index in [9.17, 15) is 4.79 Å². The van der Waals surface area contributed by atoms with Gasteiger partial charge in [-0.15, -0.1) is 11.8 Å². The molecule has 3 heterocycles. The monoisotopic (exact) mass is 334 g/mol. The van der Waals surface area contributed by atoms with E-state index in [4.69, 9.17) is 4.98 Å². The number of fused-ring (bicyclic) bond motifs is 1. The van der Waals surface area contributed by atoms with E-state index < -0.39 is 0 Å². The third-order valence-electron chi connectivity index (χ3n) is 4.34. The smallest absolute Gasteiger partial charge is 0.228 e. The fraction of sp³-hybridized carbons (Fsp3) is 0.706. The van der Waals surface area contributed by atoms with Crippen molar-refractivity contribution >= 4 is 23.5 Å². The Bertz CT molecular complexity index is 603. The molecule has 23 heavy (non-hydrogen) atoms. The summed E-state index contributed by atoms with van der Waals surface area (Å²) in [6, 6.07) is 0. The number of carbonyl (C=O) groups is 1. The zero-order valence-electron chi connectivity index (χ0n) is 14.6. The van der Waals surface area contributed by atoms with E-state index in [1.54, 1.807) is 0 Å². The zero-order valence-corrected chi connectivity index (χ0v) is 15.4. The molecule has 0 atom stereocenters. The van der Waals surface area contributed by atoms with Gasteiger partial charge in [0.25, 0.3) is 0 Å². The summed E-state index contributed by atoms with van der Waals surface area (Å²) >= 11 is 1.88. The molecule has 2 aliphatic rings. The minimum atomic E-state index is -0.303. The number of rotatable bonds is 1. The molecule has 0 N–H and O–H groups in total. The number of carbonyl (C=O) groups excluding carboxylic acids is 1. The number of hydrogen-bond acceptors (Lipinski definition) is 5. The van der Waals surface area contributed by atoms with Crippen LogP contribution in [0.1, 0.15) is 38.7 Å². The van der Waals surface area contributed by atoms with Crippen LogP contribution in [0.25, 0.3) is 0 Å². The number of aryl methyl sites for hydroxylation is 2. The summed E-state index contributed by atoms with van der Waals surface area (Å²) in [5.41, 5.74) is 0.903. The first-order chi connectivity index (χ1) is 10.9. The predicted molar refractivity (Wildman–Crippen MR) is 94.1 cm³/mol. The molecule has 0 unspecified atom stereocenters. The summed E-state index contributed by atoms with van der Waals surface area (Å²) in [4.78, 5) is 27.4. The molecule has 0 aromatic carbocycles. The fourth-order valence-corrected chi connectivity index (χ4v) is 4.26. The first-order valence-corrected chi connectivity index (χ1v) is 9.39. The highest BCUT2D eigenvalue weighted by Gasteiger charge is 2.31. The summed E-state index contributed by atoms with van der Waals surface area (Å²) in [6.07, 6.45) is 2.25. The molecule has 1 saturated heterocycles. The average molecular weight is 334 g/mol. The Morgan fingerprint density at radius 3 is 2.48 bits per heavy atom. The van der Waals surface area contributed by atoms with Gasteiger partial charge in [-0.05, 0) is 25.5 Å². The molecule has 2 aliphatic heterocycles. The molecule has 1 fully saturated rings. The molecule has 6 heteroatoms. The van der Waals surface area contributed by atoms with E-state index in [0.29, 0.717) is 0 Å². The van der Waals surface area contributed by atoms with Crippen LogP contribution in [0.4, 0.5) is 5.82 Å². The number of aromatic nitrogens is 2. The van der Waals surface area contributed by atoms with Gasteiger partial charge in [0.15, 0.2) is 0 Å². The van der Waals surface area contributed by atoms with Gasteiger partial charge in [0.05, 0.1) is 10.6 Å². The predicted octanol–water partition coefficient (Wildman–Crippen LogP) is 2.52. The summed E-state index contributed by atoms with van der Waals surface area (Å²) in [5, 5.41) is 0. The first kappa shape index (κ1) is 16.6. The molecule has 1 amide bonds. The van der Waals surface area contributed by atoms with Crippen LogP contribution in [0.15, 0.2) is 4.90 Å². The third kappa shape index (κ3) is 3.47. The highest BCUT2D eigenvalue weighted by Crippen LogP contribution is 2.36. The molecule has 0 aliphatic carbocycles. The summed E-state index contributed by atoms with van der Waals surface area (Å²) in [7, 11) is 0. The number of amides is 1. The van der Waals surface area contributed by atoms with E-state index in [1.807, 2.05) is 44.4 Å². The Labute approximate surface area is 142 Å². The number of nitrogens with zero attached hydrogens (tertiary/aromatic N) is 4. The van der Waals surface area contributed by atoms with Crippen molar-refractivity contribution in [3.8, 4) is 0 Å². The topological polar surface area (TPSA) is 49.3 Å². The van der Waals surface area contributed by atoms with E-state index >= 15 is 0 Å². The van der Waals surface area contributed by atoms with Gasteiger partial charge in [0.2, 0.25) is 5.91 Å². The van der Waals surface area contributed by atoms with Gasteiger partial charge < -0.3 is 9.80 Å². The minimum Gasteiger partial charge on any atom is -0.352 e. The number of piperazine rings is 1. The highest BCUT2D eigenvalue weighted by atomic mass is 32.2. The maximum absolute atomic E-state index is 12.4. The van der Waals surface area contributed by atoms with Gasteiger partial charge in [-0.2, -0.15) is 0 Å². The van der Waals surface area contributed by atoms with Crippen LogP contribution in [0.5, 0.6) is 0 Å². The molecule has 3 rings (SSSR count). The number of anilines is 1. The van der Waals surface area contributed by atoms with Crippen molar-refractivity contribution in [2.45, 2.75) is 45.4 Å². The lowest BCUT2D eigenvalue weighted by atomic mass is 9.94. The van der Waals surface area contributed by atoms with Crippen LogP contribution in [-0.4, -0.2) is 52.7 Å². The lowest BCUT2D eigenvalue weighted by molar-refractivity contribution is -0.139. The molecule has 126 valence electrons. The Balaban J connectivity index is 1.76. The van der Waals surface area contributed by atoms with E-state index in [2.05, 4.69) is 9.88 Å². The van der Waals surface area contributed by atoms with Crippen molar-refractivity contribution < 1.29 is 4.79 Å². The highest BCUT2D eigenvalue weighted by molar-refractivity contribution is 7.99. The fourth-order valence-electron chi connectivity index (χ4n) is 3.15. The van der Waals surface area contributed by atoms with Crippen molar-refractivity contribution in [1.29, 1.82) is 0 Å². The van der Waals surface area contributed by atoms with Crippen LogP contribution >= 0.6 is 11.8 Å². The van der Waals surface area contributed by atoms with Gasteiger partial charge in [-0.3, -0.25) is 4.79 Å². The minimum absolute atomic E-state index is 0.243. The lowest BCUT2D eigenvalue weighted by Gasteiger charge is -2.39. The van der Waals surface area contributed by atoms with E-state index in [1.165, 1.54) is 17.0 Å². The zero-order chi connectivity index (χ0) is 16.6. The SMILES string of the molecule is Cc1nc2c(c(N3CCN(C(=O)C(C)(C)C)CC3)n1)SCCC2. The van der Waals surface area contributed by atoms with Gasteiger partial charge in [0, 0.05) is 31.6 Å². The standard InChI is InChI=1S/C17H26N4OS/c1-12-18-13-6-5-11-23-14(13)15(19-12)20-7-9-21(10-8-20)16(22)17(2,3)4/h5-11H2,1-4H3. The Morgan fingerprint density at radius 1 is 1.13 bits per heavy atom. The van der Waals surface area contributed by atoms with E-state index in [-0.39, 0.29) is 11.3 Å². The second-order valence-electron chi connectivity index (χ2n) is 7.35. The average Bonchev–Trinajstić information content (AvgIpc) is 2.52. The van der Waals surface area contributed by atoms with Crippen LogP contribution in [0.3, 0.4) is 0 Å². The van der Waals surface area contributed by atoms with Crippen molar-refractivity contribution in [3.63, 3.8) is 0 Å². The molecule has 0 saturated carbocycles. The summed E-state index contributed by atoms with van der Waals surface area (Å²) < 4.78 is 0. The van der Waals surface area contributed by atoms with Gasteiger partial charge in [-0.25, -0.2) is 9.97 Å². The second-order valence-corrected chi connectivity index (χ2v) is 8.46. The van der Waals surface area contributed by atoms with Gasteiger partial charge in [0.1, 0.15) is 11.6 Å². The summed E-state index contributed by atoms with van der Waals surface area (Å²) in [6.45, 7) is 11.2. The van der Waals surface area contributed by atoms with Crippen molar-refractivity contribution in [1.82, 2.24) is 14.9 Å². The molecule has 0 bridgehead atoms. The van der Waals surface area contributed by atoms with Crippen molar-refractivity contribution in [3.05, 3.63) is 11.5 Å². The molecule has 0 spiro atoms. The van der Waals surface area contributed by atoms with Crippen LogP contribution < -0.4 is 4.90 Å². The van der Waals surface area contributed by atoms with Gasteiger partial charge >= 0.3 is 0 Å². The van der Waals surface area contributed by atoms with Crippen molar-refractivity contribution in [2.75, 3.05) is 36.8 Å². The maximum Gasteiger partial charge on any atom is 0.228 e. The largest absolute Gasteiger partial charge is 0.352 e. The molecule has 5 nitrogen and oxygen atoms in total. The maximum atomic E-state index is 12.4. The molecule has 0 radical (unpaired) electrons. The van der Waals surface area contributed by atoms with E-state index in [0.717, 1.165) is 50.0 Å². The Hall–Kier alpha value is -1.30. The normalized spacial score (nSPS) is 18.8. The molecule has 1 aromatic rings. The number of thioether (sulfide) groups is 1. The van der Waals surface area contributed by atoms with Crippen LogP contribution in [0.2, 0.25) is 0 Å². The van der Waals surface area contributed by atoms with Crippen LogP contribution in [0, 0.1) is 12.3 Å². The molecule has 1 aromatic heterocycles. The Kier molecular flexibility index (Phi) is 4.54. The van der Waals surface area contributed by atoms with Gasteiger partial charge in [-0.1, -0.05) is 20.8 Å². The third-order valence-corrected chi connectivity index (χ3v) is 5.54. The first-order valence-electron chi connectivity index (χ1n) is 8.41.